The SMILES string of the molecule is COCCOCc1occc1C(=O)NN. The molecule has 0 saturated heterocycles. The second-order valence-corrected chi connectivity index (χ2v) is 2.78. The maximum Gasteiger partial charge on any atom is 0.268 e. The number of carbonyl (C=O) groups is 1. The molecule has 1 heterocycles. The van der Waals surface area contributed by atoms with Gasteiger partial charge < -0.3 is 13.9 Å². The molecule has 0 atom stereocenters. The van der Waals surface area contributed by atoms with Crippen LogP contribution in [0.1, 0.15) is 16.1 Å². The number of methoxy groups -OCH3 is 1. The van der Waals surface area contributed by atoms with Crippen molar-refractivity contribution in [1.29, 1.82) is 0 Å². The first-order valence-corrected chi connectivity index (χ1v) is 4.43. The van der Waals surface area contributed by atoms with Crippen molar-refractivity contribution in [2.24, 2.45) is 5.84 Å². The summed E-state index contributed by atoms with van der Waals surface area (Å²) in [7, 11) is 1.59. The number of nitrogens with one attached hydrogen (secondary N) is 1. The molecule has 1 aromatic rings. The van der Waals surface area contributed by atoms with E-state index in [1.165, 1.54) is 12.3 Å². The van der Waals surface area contributed by atoms with Crippen LogP contribution in [0, 0.1) is 0 Å². The summed E-state index contributed by atoms with van der Waals surface area (Å²) in [5.41, 5.74) is 2.41. The molecule has 1 rings (SSSR count). The predicted octanol–water partition coefficient (Wildman–Crippen LogP) is 0.0461. The second-order valence-electron chi connectivity index (χ2n) is 2.78. The van der Waals surface area contributed by atoms with Gasteiger partial charge in [-0.25, -0.2) is 5.84 Å². The average molecular weight is 214 g/mol. The van der Waals surface area contributed by atoms with Crippen LogP contribution >= 0.6 is 0 Å². The van der Waals surface area contributed by atoms with Crippen molar-refractivity contribution in [3.63, 3.8) is 0 Å². The number of hydrogen-bond acceptors (Lipinski definition) is 5. The Labute approximate surface area is 87.3 Å². The minimum absolute atomic E-state index is 0.221. The Hall–Kier alpha value is -1.37. The van der Waals surface area contributed by atoms with Crippen molar-refractivity contribution in [3.8, 4) is 0 Å². The molecule has 84 valence electrons. The lowest BCUT2D eigenvalue weighted by atomic mass is 10.2. The van der Waals surface area contributed by atoms with E-state index in [1.807, 2.05) is 5.43 Å². The van der Waals surface area contributed by atoms with E-state index in [0.717, 1.165) is 0 Å². The molecule has 0 aromatic carbocycles. The third-order valence-corrected chi connectivity index (χ3v) is 1.79. The molecule has 1 amide bonds. The molecular formula is C9H14N2O4. The first-order valence-electron chi connectivity index (χ1n) is 4.43. The van der Waals surface area contributed by atoms with Crippen molar-refractivity contribution in [2.75, 3.05) is 20.3 Å². The van der Waals surface area contributed by atoms with Crippen molar-refractivity contribution >= 4 is 5.91 Å². The summed E-state index contributed by atoms with van der Waals surface area (Å²) in [4.78, 5) is 11.2. The Balaban J connectivity index is 2.46. The Morgan fingerprint density at radius 1 is 1.60 bits per heavy atom. The number of carbonyl (C=O) groups excluding carboxylic acids is 1. The first kappa shape index (κ1) is 11.7. The summed E-state index contributed by atoms with van der Waals surface area (Å²) in [5.74, 6) is 5.06. The molecule has 0 bridgehead atoms. The molecule has 0 radical (unpaired) electrons. The van der Waals surface area contributed by atoms with E-state index in [4.69, 9.17) is 19.7 Å². The summed E-state index contributed by atoms with van der Waals surface area (Å²) >= 11 is 0. The van der Waals surface area contributed by atoms with Gasteiger partial charge in [0.05, 0.1) is 25.0 Å². The lowest BCUT2D eigenvalue weighted by molar-refractivity contribution is 0.0531. The van der Waals surface area contributed by atoms with Gasteiger partial charge in [-0.2, -0.15) is 0 Å². The highest BCUT2D eigenvalue weighted by molar-refractivity contribution is 5.94. The molecule has 1 aromatic heterocycles. The largest absolute Gasteiger partial charge is 0.466 e. The molecular weight excluding hydrogens is 200 g/mol. The Bertz CT molecular complexity index is 311. The molecule has 15 heavy (non-hydrogen) atoms. The zero-order chi connectivity index (χ0) is 11.1. The smallest absolute Gasteiger partial charge is 0.268 e. The van der Waals surface area contributed by atoms with Crippen LogP contribution in [0.4, 0.5) is 0 Å². The number of rotatable bonds is 6. The molecule has 0 aliphatic carbocycles. The number of amides is 1. The molecule has 0 aliphatic rings. The number of ether oxygens (including phenoxy) is 2. The molecule has 6 heteroatoms. The minimum Gasteiger partial charge on any atom is -0.466 e. The monoisotopic (exact) mass is 214 g/mol. The van der Waals surface area contributed by atoms with Gasteiger partial charge in [-0.15, -0.1) is 0 Å². The quantitative estimate of drug-likeness (QED) is 0.302. The standard InChI is InChI=1S/C9H14N2O4/c1-13-4-5-14-6-8-7(2-3-15-8)9(12)11-10/h2-3H,4-6,10H2,1H3,(H,11,12). The van der Waals surface area contributed by atoms with E-state index in [9.17, 15) is 4.79 Å². The number of nitrogens with two attached hydrogens (primary N) is 1. The van der Waals surface area contributed by atoms with Gasteiger partial charge in [0.2, 0.25) is 0 Å². The molecule has 0 aliphatic heterocycles. The molecule has 0 unspecified atom stereocenters. The lowest BCUT2D eigenvalue weighted by Gasteiger charge is -2.03. The molecule has 3 N–H and O–H groups in total. The number of hydrazine groups is 1. The lowest BCUT2D eigenvalue weighted by Crippen LogP contribution is -2.30. The van der Waals surface area contributed by atoms with Gasteiger partial charge in [0.25, 0.3) is 5.91 Å². The zero-order valence-electron chi connectivity index (χ0n) is 8.49. The van der Waals surface area contributed by atoms with Gasteiger partial charge in [-0.1, -0.05) is 0 Å². The fraction of sp³-hybridized carbons (Fsp3) is 0.444. The zero-order valence-corrected chi connectivity index (χ0v) is 8.49. The summed E-state index contributed by atoms with van der Waals surface area (Å²) in [6, 6.07) is 1.54. The van der Waals surface area contributed by atoms with Crippen LogP contribution in [0.3, 0.4) is 0 Å². The van der Waals surface area contributed by atoms with E-state index in [1.54, 1.807) is 7.11 Å². The van der Waals surface area contributed by atoms with Crippen LogP contribution in [-0.4, -0.2) is 26.2 Å². The highest BCUT2D eigenvalue weighted by Gasteiger charge is 2.13. The molecule has 0 saturated carbocycles. The van der Waals surface area contributed by atoms with Crippen molar-refractivity contribution < 1.29 is 18.7 Å². The Morgan fingerprint density at radius 3 is 3.07 bits per heavy atom. The third-order valence-electron chi connectivity index (χ3n) is 1.79. The average Bonchev–Trinajstić information content (AvgIpc) is 2.71. The van der Waals surface area contributed by atoms with Crippen molar-refractivity contribution in [2.45, 2.75) is 6.61 Å². The fourth-order valence-corrected chi connectivity index (χ4v) is 1.04. The van der Waals surface area contributed by atoms with Crippen LogP contribution in [-0.2, 0) is 16.1 Å². The molecule has 0 spiro atoms. The van der Waals surface area contributed by atoms with Crippen LogP contribution in [0.2, 0.25) is 0 Å². The van der Waals surface area contributed by atoms with Gasteiger partial charge in [-0.05, 0) is 6.07 Å². The van der Waals surface area contributed by atoms with Gasteiger partial charge in [0.1, 0.15) is 12.4 Å². The van der Waals surface area contributed by atoms with Crippen LogP contribution in [0.15, 0.2) is 16.7 Å². The van der Waals surface area contributed by atoms with Gasteiger partial charge in [0, 0.05) is 7.11 Å². The molecule has 6 nitrogen and oxygen atoms in total. The Morgan fingerprint density at radius 2 is 2.40 bits per heavy atom. The third kappa shape index (κ3) is 3.35. The maximum atomic E-state index is 11.2. The number of hydrogen-bond donors (Lipinski definition) is 2. The van der Waals surface area contributed by atoms with Crippen LogP contribution in [0.25, 0.3) is 0 Å². The summed E-state index contributed by atoms with van der Waals surface area (Å²) < 4.78 is 15.1. The van der Waals surface area contributed by atoms with Gasteiger partial charge >= 0.3 is 0 Å². The normalized spacial score (nSPS) is 10.3. The van der Waals surface area contributed by atoms with Gasteiger partial charge in [-0.3, -0.25) is 10.2 Å². The summed E-state index contributed by atoms with van der Waals surface area (Å²) in [6.45, 7) is 1.17. The van der Waals surface area contributed by atoms with Crippen molar-refractivity contribution in [3.05, 3.63) is 23.7 Å². The van der Waals surface area contributed by atoms with E-state index in [-0.39, 0.29) is 6.61 Å². The van der Waals surface area contributed by atoms with E-state index < -0.39 is 5.91 Å². The second kappa shape index (κ2) is 6.18. The summed E-state index contributed by atoms with van der Waals surface area (Å²) in [5, 5.41) is 0. The van der Waals surface area contributed by atoms with E-state index in [2.05, 4.69) is 0 Å². The maximum absolute atomic E-state index is 11.2. The molecule has 0 fully saturated rings. The fourth-order valence-electron chi connectivity index (χ4n) is 1.04. The minimum atomic E-state index is -0.394. The first-order chi connectivity index (χ1) is 7.29. The summed E-state index contributed by atoms with van der Waals surface area (Å²) in [6.07, 6.45) is 1.42. The van der Waals surface area contributed by atoms with Crippen LogP contribution in [0.5, 0.6) is 0 Å². The van der Waals surface area contributed by atoms with Crippen molar-refractivity contribution in [1.82, 2.24) is 5.43 Å². The highest BCUT2D eigenvalue weighted by atomic mass is 16.5. The van der Waals surface area contributed by atoms with Crippen LogP contribution < -0.4 is 11.3 Å². The highest BCUT2D eigenvalue weighted by Crippen LogP contribution is 2.11. The Kier molecular flexibility index (Phi) is 4.82. The number of nitrogen functional groups attached to an aromatic ring is 1. The van der Waals surface area contributed by atoms with E-state index in [0.29, 0.717) is 24.5 Å². The number of furan rings is 1. The van der Waals surface area contributed by atoms with E-state index >= 15 is 0 Å². The predicted molar refractivity (Wildman–Crippen MR) is 51.9 cm³/mol. The topological polar surface area (TPSA) is 86.7 Å². The van der Waals surface area contributed by atoms with Gasteiger partial charge in [0.15, 0.2) is 0 Å².